The van der Waals surface area contributed by atoms with Gasteiger partial charge in [0.25, 0.3) is 5.91 Å². The second-order valence-corrected chi connectivity index (χ2v) is 7.23. The Bertz CT molecular complexity index is 829. The van der Waals surface area contributed by atoms with Gasteiger partial charge in [-0.25, -0.2) is 13.6 Å². The SMILES string of the molecule is CNC(=O)[C@H]1CN(c2cc(F)c(C3[C@H]4CN(C(=O)CO)C[C@@H]34)c(F)c2)C(=O)O1. The van der Waals surface area contributed by atoms with Gasteiger partial charge in [-0.3, -0.25) is 14.5 Å². The van der Waals surface area contributed by atoms with Crippen LogP contribution in [0.5, 0.6) is 0 Å². The van der Waals surface area contributed by atoms with Gasteiger partial charge >= 0.3 is 6.09 Å². The maximum Gasteiger partial charge on any atom is 0.415 e. The highest BCUT2D eigenvalue weighted by Gasteiger charge is 2.58. The van der Waals surface area contributed by atoms with Crippen molar-refractivity contribution in [3.63, 3.8) is 0 Å². The number of halogens is 2. The second-order valence-electron chi connectivity index (χ2n) is 7.23. The van der Waals surface area contributed by atoms with Crippen LogP contribution in [0.1, 0.15) is 11.5 Å². The summed E-state index contributed by atoms with van der Waals surface area (Å²) < 4.78 is 34.4. The summed E-state index contributed by atoms with van der Waals surface area (Å²) in [5, 5.41) is 11.3. The number of nitrogens with zero attached hydrogens (tertiary/aromatic N) is 2. The van der Waals surface area contributed by atoms with Gasteiger partial charge in [0.1, 0.15) is 18.2 Å². The molecule has 150 valence electrons. The van der Waals surface area contributed by atoms with Gasteiger partial charge < -0.3 is 20.1 Å². The molecule has 1 aromatic carbocycles. The quantitative estimate of drug-likeness (QED) is 0.759. The molecule has 1 unspecified atom stereocenters. The van der Waals surface area contributed by atoms with Gasteiger partial charge in [-0.1, -0.05) is 0 Å². The molecule has 0 bridgehead atoms. The van der Waals surface area contributed by atoms with Crippen molar-refractivity contribution in [3.8, 4) is 0 Å². The molecule has 1 saturated carbocycles. The van der Waals surface area contributed by atoms with Crippen LogP contribution in [0.15, 0.2) is 12.1 Å². The Morgan fingerprint density at radius 3 is 2.36 bits per heavy atom. The van der Waals surface area contributed by atoms with Crippen molar-refractivity contribution in [3.05, 3.63) is 29.3 Å². The monoisotopic (exact) mass is 395 g/mol. The molecule has 10 heteroatoms. The van der Waals surface area contributed by atoms with E-state index in [9.17, 15) is 23.2 Å². The van der Waals surface area contributed by atoms with Gasteiger partial charge in [0.2, 0.25) is 5.91 Å². The third kappa shape index (κ3) is 2.88. The average molecular weight is 395 g/mol. The number of fused-ring (bicyclic) bond motifs is 1. The van der Waals surface area contributed by atoms with Crippen LogP contribution in [0, 0.1) is 23.5 Å². The van der Waals surface area contributed by atoms with E-state index in [4.69, 9.17) is 9.84 Å². The van der Waals surface area contributed by atoms with E-state index in [1.165, 1.54) is 11.9 Å². The maximum absolute atomic E-state index is 14.7. The topological polar surface area (TPSA) is 99.2 Å². The summed E-state index contributed by atoms with van der Waals surface area (Å²) in [5.41, 5.74) is -0.0664. The number of amides is 3. The molecule has 2 N–H and O–H groups in total. The van der Waals surface area contributed by atoms with E-state index in [-0.39, 0.29) is 41.5 Å². The normalized spacial score (nSPS) is 28.2. The van der Waals surface area contributed by atoms with Gasteiger partial charge in [0, 0.05) is 25.7 Å². The molecule has 2 saturated heterocycles. The van der Waals surface area contributed by atoms with Crippen LogP contribution in [0.2, 0.25) is 0 Å². The summed E-state index contributed by atoms with van der Waals surface area (Å²) >= 11 is 0. The summed E-state index contributed by atoms with van der Waals surface area (Å²) in [6.45, 7) is 0.0113. The van der Waals surface area contributed by atoms with Gasteiger partial charge in [0.05, 0.1) is 12.2 Å². The Balaban J connectivity index is 1.51. The van der Waals surface area contributed by atoms with Crippen molar-refractivity contribution in [1.29, 1.82) is 0 Å². The number of nitrogens with one attached hydrogen (secondary N) is 1. The summed E-state index contributed by atoms with van der Waals surface area (Å²) in [4.78, 5) is 37.6. The number of rotatable bonds is 4. The molecule has 3 amide bonds. The Hall–Kier alpha value is -2.75. The van der Waals surface area contributed by atoms with Gasteiger partial charge in [-0.15, -0.1) is 0 Å². The Labute approximate surface area is 159 Å². The molecule has 4 atom stereocenters. The number of hydrogen-bond donors (Lipinski definition) is 2. The van der Waals surface area contributed by atoms with Crippen molar-refractivity contribution in [2.75, 3.05) is 38.2 Å². The predicted octanol–water partition coefficient (Wildman–Crippen LogP) is 0.200. The highest BCUT2D eigenvalue weighted by molar-refractivity contribution is 5.95. The summed E-state index contributed by atoms with van der Waals surface area (Å²) in [7, 11) is 1.40. The molecule has 28 heavy (non-hydrogen) atoms. The molecular weight excluding hydrogens is 376 g/mol. The van der Waals surface area contributed by atoms with Crippen molar-refractivity contribution < 1.29 is 33.0 Å². The lowest BCUT2D eigenvalue weighted by Crippen LogP contribution is -2.35. The van der Waals surface area contributed by atoms with Crippen molar-refractivity contribution >= 4 is 23.6 Å². The fraction of sp³-hybridized carbons (Fsp3) is 0.500. The van der Waals surface area contributed by atoms with Crippen LogP contribution >= 0.6 is 0 Å². The fourth-order valence-electron chi connectivity index (χ4n) is 4.27. The molecular formula is C18H19F2N3O5. The number of carbonyl (C=O) groups is 3. The number of piperidine rings is 1. The molecule has 0 spiro atoms. The van der Waals surface area contributed by atoms with E-state index < -0.39 is 36.3 Å². The smallest absolute Gasteiger partial charge is 0.415 e. The lowest BCUT2D eigenvalue weighted by molar-refractivity contribution is -0.133. The van der Waals surface area contributed by atoms with Crippen LogP contribution in [-0.4, -0.2) is 67.3 Å². The minimum Gasteiger partial charge on any atom is -0.434 e. The zero-order valence-electron chi connectivity index (χ0n) is 15.0. The Morgan fingerprint density at radius 2 is 1.82 bits per heavy atom. The van der Waals surface area contributed by atoms with E-state index in [2.05, 4.69) is 5.32 Å². The van der Waals surface area contributed by atoms with E-state index >= 15 is 0 Å². The molecule has 4 rings (SSSR count). The molecule has 0 radical (unpaired) electrons. The number of anilines is 1. The van der Waals surface area contributed by atoms with Crippen molar-refractivity contribution in [1.82, 2.24) is 10.2 Å². The molecule has 0 aromatic heterocycles. The van der Waals surface area contributed by atoms with Gasteiger partial charge in [-0.05, 0) is 29.9 Å². The first-order valence-electron chi connectivity index (χ1n) is 8.93. The first kappa shape index (κ1) is 18.6. The van der Waals surface area contributed by atoms with E-state index in [0.717, 1.165) is 17.0 Å². The summed E-state index contributed by atoms with van der Waals surface area (Å²) in [6, 6.07) is 2.13. The molecule has 1 aromatic rings. The minimum atomic E-state index is -1.04. The number of carbonyl (C=O) groups excluding carboxylic acids is 3. The van der Waals surface area contributed by atoms with Crippen molar-refractivity contribution in [2.45, 2.75) is 12.0 Å². The lowest BCUT2D eigenvalue weighted by atomic mass is 10.0. The minimum absolute atomic E-state index is 0.0157. The highest BCUT2D eigenvalue weighted by Crippen LogP contribution is 2.59. The predicted molar refractivity (Wildman–Crippen MR) is 91.4 cm³/mol. The molecule has 3 fully saturated rings. The third-order valence-corrected chi connectivity index (χ3v) is 5.74. The molecule has 2 aliphatic heterocycles. The highest BCUT2D eigenvalue weighted by atomic mass is 19.1. The molecule has 2 heterocycles. The van der Waals surface area contributed by atoms with Crippen LogP contribution in [0.25, 0.3) is 0 Å². The van der Waals surface area contributed by atoms with E-state index in [1.54, 1.807) is 0 Å². The van der Waals surface area contributed by atoms with Crippen molar-refractivity contribution in [2.24, 2.45) is 11.8 Å². The Morgan fingerprint density at radius 1 is 1.21 bits per heavy atom. The zero-order valence-corrected chi connectivity index (χ0v) is 15.0. The first-order chi connectivity index (χ1) is 13.3. The Kier molecular flexibility index (Phi) is 4.45. The first-order valence-corrected chi connectivity index (χ1v) is 8.93. The molecule has 1 aliphatic carbocycles. The van der Waals surface area contributed by atoms with Crippen LogP contribution in [0.4, 0.5) is 19.3 Å². The van der Waals surface area contributed by atoms with Crippen LogP contribution in [0.3, 0.4) is 0 Å². The standard InChI is InChI=1S/C18H19F2N3O5/c1-21-17(26)13-6-23(18(27)28-13)8-2-11(19)16(12(20)3-8)15-9-4-22(5-10(9)15)14(25)7-24/h2-3,9-10,13,15,24H,4-7H2,1H3,(H,21,26)/t9-,10+,13-,15?/m1/s1. The number of likely N-dealkylation sites (N-methyl/N-ethyl adjacent to an activating group) is 1. The largest absolute Gasteiger partial charge is 0.434 e. The van der Waals surface area contributed by atoms with Crippen LogP contribution in [-0.2, 0) is 14.3 Å². The number of aliphatic hydroxyl groups is 1. The number of ether oxygens (including phenoxy) is 1. The third-order valence-electron chi connectivity index (χ3n) is 5.74. The number of likely N-dealkylation sites (tertiary alicyclic amines) is 1. The zero-order chi connectivity index (χ0) is 20.2. The number of benzene rings is 1. The summed E-state index contributed by atoms with van der Waals surface area (Å²) in [5.74, 6) is -2.85. The number of hydrogen-bond acceptors (Lipinski definition) is 5. The lowest BCUT2D eigenvalue weighted by Gasteiger charge is -2.20. The van der Waals surface area contributed by atoms with Gasteiger partial charge in [-0.2, -0.15) is 0 Å². The van der Waals surface area contributed by atoms with E-state index in [0.29, 0.717) is 13.1 Å². The van der Waals surface area contributed by atoms with Gasteiger partial charge in [0.15, 0.2) is 6.10 Å². The second kappa shape index (κ2) is 6.69. The number of aliphatic hydroxyl groups excluding tert-OH is 1. The average Bonchev–Trinajstić information content (AvgIpc) is 3.00. The van der Waals surface area contributed by atoms with E-state index in [1.807, 2.05) is 0 Å². The summed E-state index contributed by atoms with van der Waals surface area (Å²) in [6.07, 6.45) is -1.89. The molecule has 3 aliphatic rings. The fourth-order valence-corrected chi connectivity index (χ4v) is 4.27. The number of cyclic esters (lactones) is 1. The maximum atomic E-state index is 14.7. The van der Waals surface area contributed by atoms with Crippen LogP contribution < -0.4 is 10.2 Å². The molecule has 8 nitrogen and oxygen atoms in total.